The molecule has 0 spiro atoms. The molecule has 0 aliphatic heterocycles. The molecule has 1 heterocycles. The van der Waals surface area contributed by atoms with Crippen molar-refractivity contribution in [2.75, 3.05) is 5.32 Å². The van der Waals surface area contributed by atoms with Crippen LogP contribution in [0.3, 0.4) is 0 Å². The number of carbonyl (C=O) groups is 1. The first-order valence-corrected chi connectivity index (χ1v) is 12.8. The van der Waals surface area contributed by atoms with Gasteiger partial charge in [0, 0.05) is 27.2 Å². The Hall–Kier alpha value is -3.22. The second-order valence-corrected chi connectivity index (χ2v) is 9.96. The summed E-state index contributed by atoms with van der Waals surface area (Å²) in [6, 6.07) is 25.9. The van der Waals surface area contributed by atoms with E-state index in [4.69, 9.17) is 20.9 Å². The minimum Gasteiger partial charge on any atom is -0.441 e. The summed E-state index contributed by atoms with van der Waals surface area (Å²) in [4.78, 5) is 12.6. The van der Waals surface area contributed by atoms with Crippen LogP contribution in [-0.2, 0) is 10.5 Å². The summed E-state index contributed by atoms with van der Waals surface area (Å²) in [5.74, 6) is 1.38. The highest BCUT2D eigenvalue weighted by atomic mass is 35.5. The van der Waals surface area contributed by atoms with Crippen molar-refractivity contribution in [3.05, 3.63) is 106 Å². The van der Waals surface area contributed by atoms with Crippen molar-refractivity contribution in [1.29, 1.82) is 0 Å². The van der Waals surface area contributed by atoms with Crippen LogP contribution in [0.2, 0.25) is 5.02 Å². The van der Waals surface area contributed by atoms with Crippen LogP contribution in [0.1, 0.15) is 47.6 Å². The van der Waals surface area contributed by atoms with Crippen molar-refractivity contribution in [2.24, 2.45) is 0 Å². The molecule has 0 aliphatic carbocycles. The molecular formula is C28H27ClN2O3S. The molecule has 0 aliphatic rings. The summed E-state index contributed by atoms with van der Waals surface area (Å²) in [7, 11) is 0. The summed E-state index contributed by atoms with van der Waals surface area (Å²) in [5, 5.41) is 7.78. The Bertz CT molecular complexity index is 1280. The normalized spacial score (nSPS) is 12.7. The maximum Gasteiger partial charge on any atom is 0.412 e. The molecule has 0 fully saturated rings. The van der Waals surface area contributed by atoms with E-state index in [-0.39, 0.29) is 0 Å². The van der Waals surface area contributed by atoms with Crippen molar-refractivity contribution >= 4 is 35.1 Å². The number of nitrogens with zero attached hydrogens (tertiary/aromatic N) is 1. The lowest BCUT2D eigenvalue weighted by Gasteiger charge is -2.15. The van der Waals surface area contributed by atoms with Gasteiger partial charge in [0.15, 0.2) is 5.76 Å². The molecular weight excluding hydrogens is 480 g/mol. The predicted molar refractivity (Wildman–Crippen MR) is 143 cm³/mol. The van der Waals surface area contributed by atoms with E-state index in [0.717, 1.165) is 16.9 Å². The summed E-state index contributed by atoms with van der Waals surface area (Å²) in [6.45, 7) is 5.77. The fraction of sp³-hybridized carbons (Fsp3) is 0.214. The molecule has 1 aromatic heterocycles. The van der Waals surface area contributed by atoms with Crippen molar-refractivity contribution < 1.29 is 14.1 Å². The second-order valence-electron chi connectivity index (χ2n) is 8.23. The minimum absolute atomic E-state index is 0.405. The molecule has 0 saturated heterocycles. The highest BCUT2D eigenvalue weighted by Crippen LogP contribution is 2.34. The maximum absolute atomic E-state index is 12.6. The van der Waals surface area contributed by atoms with Crippen LogP contribution in [0, 0.1) is 6.92 Å². The van der Waals surface area contributed by atoms with Crippen LogP contribution >= 0.6 is 23.4 Å². The number of carbonyl (C=O) groups excluding carboxylic acids is 1. The van der Waals surface area contributed by atoms with Crippen LogP contribution in [-0.4, -0.2) is 11.2 Å². The van der Waals surface area contributed by atoms with Gasteiger partial charge in [0.25, 0.3) is 0 Å². The van der Waals surface area contributed by atoms with Gasteiger partial charge >= 0.3 is 6.09 Å². The van der Waals surface area contributed by atoms with Crippen LogP contribution in [0.5, 0.6) is 0 Å². The first kappa shape index (κ1) is 24.9. The number of hydrogen-bond acceptors (Lipinski definition) is 5. The summed E-state index contributed by atoms with van der Waals surface area (Å²) >= 11 is 8.11. The molecule has 5 nitrogen and oxygen atoms in total. The third kappa shape index (κ3) is 6.27. The van der Waals surface area contributed by atoms with Gasteiger partial charge in [-0.2, -0.15) is 0 Å². The number of hydrogen-bond donors (Lipinski definition) is 1. The highest BCUT2D eigenvalue weighted by molar-refractivity contribution is 7.98. The molecule has 1 N–H and O–H groups in total. The molecule has 0 bridgehead atoms. The zero-order valence-corrected chi connectivity index (χ0v) is 21.4. The number of benzene rings is 3. The molecule has 4 rings (SSSR count). The van der Waals surface area contributed by atoms with Crippen LogP contribution < -0.4 is 5.32 Å². The Balaban J connectivity index is 1.40. The molecule has 3 aromatic carbocycles. The fourth-order valence-electron chi connectivity index (χ4n) is 3.67. The molecule has 0 radical (unpaired) electrons. The van der Waals surface area contributed by atoms with E-state index >= 15 is 0 Å². The van der Waals surface area contributed by atoms with Crippen LogP contribution in [0.4, 0.5) is 10.5 Å². The van der Waals surface area contributed by atoms with E-state index in [1.807, 2.05) is 48.2 Å². The molecule has 4 aromatic rings. The fourth-order valence-corrected chi connectivity index (χ4v) is 4.94. The lowest BCUT2D eigenvalue weighted by Crippen LogP contribution is -2.17. The Labute approximate surface area is 214 Å². The average Bonchev–Trinajstić information content (AvgIpc) is 3.23. The number of aryl methyl sites for hydroxylation is 1. The number of thioether (sulfide) groups is 1. The van der Waals surface area contributed by atoms with Crippen LogP contribution in [0.25, 0.3) is 11.3 Å². The number of ether oxygens (including phenoxy) is 1. The Morgan fingerprint density at radius 2 is 1.71 bits per heavy atom. The standard InChI is InChI=1S/C28H27ClN2O3S/c1-18-26(30-28(32)33-19(2)24-11-7-8-12-25(24)29)27(34-31-18)23-15-13-21(14-16-23)17-35-20(3)22-9-5-4-6-10-22/h4-16,19-20H,17H2,1-3H3,(H,30,32). The van der Waals surface area contributed by atoms with E-state index in [2.05, 4.69) is 53.8 Å². The van der Waals surface area contributed by atoms with E-state index < -0.39 is 12.2 Å². The molecule has 1 amide bonds. The first-order chi connectivity index (χ1) is 16.9. The van der Waals surface area contributed by atoms with E-state index in [1.165, 1.54) is 11.1 Å². The number of anilines is 1. The van der Waals surface area contributed by atoms with Crippen molar-refractivity contribution in [3.8, 4) is 11.3 Å². The smallest absolute Gasteiger partial charge is 0.412 e. The van der Waals surface area contributed by atoms with Crippen LogP contribution in [0.15, 0.2) is 83.4 Å². The Kier molecular flexibility index (Phi) is 8.16. The minimum atomic E-state index is -0.604. The molecule has 180 valence electrons. The first-order valence-electron chi connectivity index (χ1n) is 11.4. The second kappa shape index (κ2) is 11.5. The van der Waals surface area contributed by atoms with Gasteiger partial charge in [-0.15, -0.1) is 11.8 Å². The average molecular weight is 507 g/mol. The molecule has 2 atom stereocenters. The zero-order valence-electron chi connectivity index (χ0n) is 19.8. The van der Waals surface area contributed by atoms with E-state index in [1.54, 1.807) is 19.9 Å². The number of aromatic nitrogens is 1. The van der Waals surface area contributed by atoms with Crippen molar-refractivity contribution in [2.45, 2.75) is 37.9 Å². The Morgan fingerprint density at radius 1 is 1.03 bits per heavy atom. The number of amides is 1. The van der Waals surface area contributed by atoms with Crippen molar-refractivity contribution in [3.63, 3.8) is 0 Å². The maximum atomic E-state index is 12.6. The van der Waals surface area contributed by atoms with Gasteiger partial charge in [0.2, 0.25) is 0 Å². The molecule has 7 heteroatoms. The number of halogens is 1. The SMILES string of the molecule is Cc1noc(-c2ccc(CSC(C)c3ccccc3)cc2)c1NC(=O)OC(C)c1ccccc1Cl. The number of rotatable bonds is 8. The zero-order chi connectivity index (χ0) is 24.8. The Morgan fingerprint density at radius 3 is 2.43 bits per heavy atom. The third-order valence-corrected chi connectivity index (χ3v) is 7.32. The van der Waals surface area contributed by atoms with Gasteiger partial charge in [-0.25, -0.2) is 4.79 Å². The van der Waals surface area contributed by atoms with Gasteiger partial charge < -0.3 is 9.26 Å². The quantitative estimate of drug-likeness (QED) is 0.259. The van der Waals surface area contributed by atoms with Gasteiger partial charge in [0.1, 0.15) is 17.5 Å². The summed E-state index contributed by atoms with van der Waals surface area (Å²) < 4.78 is 11.1. The van der Waals surface area contributed by atoms with Gasteiger partial charge in [-0.1, -0.05) is 89.6 Å². The molecule has 0 saturated carbocycles. The van der Waals surface area contributed by atoms with Gasteiger partial charge in [0.05, 0.1) is 0 Å². The summed E-state index contributed by atoms with van der Waals surface area (Å²) in [5.41, 5.74) is 5.14. The van der Waals surface area contributed by atoms with E-state index in [9.17, 15) is 4.79 Å². The lowest BCUT2D eigenvalue weighted by molar-refractivity contribution is 0.121. The highest BCUT2D eigenvalue weighted by Gasteiger charge is 2.20. The topological polar surface area (TPSA) is 64.4 Å². The van der Waals surface area contributed by atoms with Gasteiger partial charge in [-0.3, -0.25) is 5.32 Å². The lowest BCUT2D eigenvalue weighted by atomic mass is 10.1. The summed E-state index contributed by atoms with van der Waals surface area (Å²) in [6.07, 6.45) is -1.12. The van der Waals surface area contributed by atoms with Gasteiger partial charge in [-0.05, 0) is 38.0 Å². The monoisotopic (exact) mass is 506 g/mol. The largest absolute Gasteiger partial charge is 0.441 e. The number of nitrogens with one attached hydrogen (secondary N) is 1. The third-order valence-electron chi connectivity index (χ3n) is 5.70. The molecule has 35 heavy (non-hydrogen) atoms. The molecule has 2 unspecified atom stereocenters. The predicted octanol–water partition coefficient (Wildman–Crippen LogP) is 8.61. The van der Waals surface area contributed by atoms with Crippen molar-refractivity contribution in [1.82, 2.24) is 5.16 Å². The van der Waals surface area contributed by atoms with E-state index in [0.29, 0.717) is 27.4 Å².